The number of esters is 1. The molecule has 0 aliphatic rings. The summed E-state index contributed by atoms with van der Waals surface area (Å²) in [5, 5.41) is 1.13. The molecule has 0 aliphatic carbocycles. The summed E-state index contributed by atoms with van der Waals surface area (Å²) in [6.45, 7) is 4.28. The predicted octanol–water partition coefficient (Wildman–Crippen LogP) is 4.32. The summed E-state index contributed by atoms with van der Waals surface area (Å²) in [6, 6.07) is 15.8. The van der Waals surface area contributed by atoms with Crippen molar-refractivity contribution in [3.05, 3.63) is 59.7 Å². The third-order valence-electron chi connectivity index (χ3n) is 3.63. The van der Waals surface area contributed by atoms with E-state index in [4.69, 9.17) is 4.74 Å². The number of ether oxygens (including phenoxy) is 1. The number of aromatic nitrogens is 1. The number of hydrogen-bond donors (Lipinski definition) is 1. The summed E-state index contributed by atoms with van der Waals surface area (Å²) >= 11 is 0. The van der Waals surface area contributed by atoms with Crippen LogP contribution in [-0.2, 0) is 4.74 Å². The molecule has 3 aromatic rings. The molecule has 0 saturated heterocycles. The lowest BCUT2D eigenvalue weighted by Crippen LogP contribution is -2.04. The Morgan fingerprint density at radius 1 is 1.14 bits per heavy atom. The smallest absolute Gasteiger partial charge is 0.338 e. The second-order valence-corrected chi connectivity index (χ2v) is 4.97. The van der Waals surface area contributed by atoms with Gasteiger partial charge in [0.25, 0.3) is 0 Å². The number of H-pyrrole nitrogens is 1. The maximum absolute atomic E-state index is 11.8. The molecule has 21 heavy (non-hydrogen) atoms. The standard InChI is InChI=1S/C18H17NO2/c1-3-21-18(20)14-9-10-15-12(2)17(19-16(15)11-14)13-7-5-4-6-8-13/h4-11,19H,3H2,1-2H3. The summed E-state index contributed by atoms with van der Waals surface area (Å²) in [4.78, 5) is 15.2. The number of fused-ring (bicyclic) bond motifs is 1. The maximum atomic E-state index is 11.8. The molecule has 3 rings (SSSR count). The molecule has 0 unspecified atom stereocenters. The second-order valence-electron chi connectivity index (χ2n) is 4.97. The maximum Gasteiger partial charge on any atom is 0.338 e. The average molecular weight is 279 g/mol. The van der Waals surface area contributed by atoms with Crippen LogP contribution in [0.15, 0.2) is 48.5 Å². The van der Waals surface area contributed by atoms with Crippen LogP contribution in [0.25, 0.3) is 22.2 Å². The van der Waals surface area contributed by atoms with Gasteiger partial charge in [-0.2, -0.15) is 0 Å². The molecule has 3 nitrogen and oxygen atoms in total. The Hall–Kier alpha value is -2.55. The van der Waals surface area contributed by atoms with Crippen LogP contribution in [0.1, 0.15) is 22.8 Å². The van der Waals surface area contributed by atoms with Crippen molar-refractivity contribution in [2.45, 2.75) is 13.8 Å². The van der Waals surface area contributed by atoms with Gasteiger partial charge in [0.15, 0.2) is 0 Å². The molecule has 106 valence electrons. The lowest BCUT2D eigenvalue weighted by Gasteiger charge is -2.01. The SMILES string of the molecule is CCOC(=O)c1ccc2c(C)c(-c3ccccc3)[nH]c2c1. The van der Waals surface area contributed by atoms with Crippen LogP contribution in [0.5, 0.6) is 0 Å². The summed E-state index contributed by atoms with van der Waals surface area (Å²) in [6.07, 6.45) is 0. The summed E-state index contributed by atoms with van der Waals surface area (Å²) in [5.74, 6) is -0.284. The van der Waals surface area contributed by atoms with E-state index in [0.29, 0.717) is 12.2 Å². The highest BCUT2D eigenvalue weighted by molar-refractivity contribution is 5.97. The fraction of sp³-hybridized carbons (Fsp3) is 0.167. The van der Waals surface area contributed by atoms with Gasteiger partial charge in [-0.1, -0.05) is 36.4 Å². The minimum Gasteiger partial charge on any atom is -0.462 e. The van der Waals surface area contributed by atoms with Gasteiger partial charge in [-0.15, -0.1) is 0 Å². The Balaban J connectivity index is 2.10. The van der Waals surface area contributed by atoms with Crippen molar-refractivity contribution in [3.8, 4) is 11.3 Å². The number of rotatable bonds is 3. The minimum absolute atomic E-state index is 0.284. The van der Waals surface area contributed by atoms with Gasteiger partial charge in [-0.05, 0) is 37.1 Å². The second kappa shape index (κ2) is 5.44. The Morgan fingerprint density at radius 2 is 1.90 bits per heavy atom. The quantitative estimate of drug-likeness (QED) is 0.725. The van der Waals surface area contributed by atoms with E-state index in [2.05, 4.69) is 24.0 Å². The zero-order valence-corrected chi connectivity index (χ0v) is 12.1. The Morgan fingerprint density at radius 3 is 2.62 bits per heavy atom. The third-order valence-corrected chi connectivity index (χ3v) is 3.63. The molecule has 1 heterocycles. The molecule has 2 aromatic carbocycles. The fourth-order valence-corrected chi connectivity index (χ4v) is 2.57. The first-order valence-corrected chi connectivity index (χ1v) is 7.05. The van der Waals surface area contributed by atoms with Crippen LogP contribution >= 0.6 is 0 Å². The van der Waals surface area contributed by atoms with E-state index in [9.17, 15) is 4.79 Å². The highest BCUT2D eigenvalue weighted by atomic mass is 16.5. The molecule has 0 aliphatic heterocycles. The van der Waals surface area contributed by atoms with Crippen LogP contribution in [0.3, 0.4) is 0 Å². The normalized spacial score (nSPS) is 10.8. The number of benzene rings is 2. The predicted molar refractivity (Wildman–Crippen MR) is 84.4 cm³/mol. The first-order chi connectivity index (χ1) is 10.2. The first kappa shape index (κ1) is 13.4. The molecule has 0 radical (unpaired) electrons. The molecule has 0 fully saturated rings. The number of aryl methyl sites for hydroxylation is 1. The number of hydrogen-bond acceptors (Lipinski definition) is 2. The van der Waals surface area contributed by atoms with Gasteiger partial charge < -0.3 is 9.72 Å². The fourth-order valence-electron chi connectivity index (χ4n) is 2.57. The van der Waals surface area contributed by atoms with E-state index < -0.39 is 0 Å². The van der Waals surface area contributed by atoms with Crippen LogP contribution in [-0.4, -0.2) is 17.6 Å². The van der Waals surface area contributed by atoms with Crippen molar-refractivity contribution >= 4 is 16.9 Å². The molecule has 1 aromatic heterocycles. The first-order valence-electron chi connectivity index (χ1n) is 7.05. The molecule has 1 N–H and O–H groups in total. The van der Waals surface area contributed by atoms with Gasteiger partial charge >= 0.3 is 5.97 Å². The zero-order valence-electron chi connectivity index (χ0n) is 12.1. The van der Waals surface area contributed by atoms with Crippen molar-refractivity contribution in [2.24, 2.45) is 0 Å². The highest BCUT2D eigenvalue weighted by Crippen LogP contribution is 2.30. The van der Waals surface area contributed by atoms with Crippen LogP contribution in [0, 0.1) is 6.92 Å². The van der Waals surface area contributed by atoms with E-state index >= 15 is 0 Å². The number of aromatic amines is 1. The summed E-state index contributed by atoms with van der Waals surface area (Å²) in [7, 11) is 0. The molecule has 0 bridgehead atoms. The topological polar surface area (TPSA) is 42.1 Å². The molecule has 0 spiro atoms. The third kappa shape index (κ3) is 2.42. The van der Waals surface area contributed by atoms with Gasteiger partial charge in [-0.3, -0.25) is 0 Å². The molecular weight excluding hydrogens is 262 g/mol. The largest absolute Gasteiger partial charge is 0.462 e. The summed E-state index contributed by atoms with van der Waals surface area (Å²) in [5.41, 5.74) is 4.95. The zero-order chi connectivity index (χ0) is 14.8. The molecule has 0 saturated carbocycles. The van der Waals surface area contributed by atoms with Crippen molar-refractivity contribution in [1.29, 1.82) is 0 Å². The van der Waals surface area contributed by atoms with E-state index in [1.807, 2.05) is 43.3 Å². The number of nitrogens with one attached hydrogen (secondary N) is 1. The van der Waals surface area contributed by atoms with Crippen LogP contribution in [0.4, 0.5) is 0 Å². The van der Waals surface area contributed by atoms with Gasteiger partial charge in [0, 0.05) is 16.6 Å². The van der Waals surface area contributed by atoms with E-state index in [1.54, 1.807) is 0 Å². The van der Waals surface area contributed by atoms with Gasteiger partial charge in [0.05, 0.1) is 12.2 Å². The lowest BCUT2D eigenvalue weighted by atomic mass is 10.1. The van der Waals surface area contributed by atoms with Gasteiger partial charge in [0.2, 0.25) is 0 Å². The van der Waals surface area contributed by atoms with E-state index in [0.717, 1.165) is 22.2 Å². The lowest BCUT2D eigenvalue weighted by molar-refractivity contribution is 0.0526. The summed E-state index contributed by atoms with van der Waals surface area (Å²) < 4.78 is 5.05. The van der Waals surface area contributed by atoms with Crippen LogP contribution < -0.4 is 0 Å². The average Bonchev–Trinajstić information content (AvgIpc) is 2.85. The Bertz CT molecular complexity index is 788. The molecular formula is C18H17NO2. The van der Waals surface area contributed by atoms with Gasteiger partial charge in [-0.25, -0.2) is 4.79 Å². The van der Waals surface area contributed by atoms with E-state index in [-0.39, 0.29) is 5.97 Å². The van der Waals surface area contributed by atoms with E-state index in [1.165, 1.54) is 5.56 Å². The monoisotopic (exact) mass is 279 g/mol. The Labute approximate surface area is 123 Å². The molecule has 0 atom stereocenters. The van der Waals surface area contributed by atoms with Crippen molar-refractivity contribution in [3.63, 3.8) is 0 Å². The van der Waals surface area contributed by atoms with Crippen molar-refractivity contribution in [1.82, 2.24) is 4.98 Å². The van der Waals surface area contributed by atoms with Crippen molar-refractivity contribution in [2.75, 3.05) is 6.61 Å². The highest BCUT2D eigenvalue weighted by Gasteiger charge is 2.12. The molecule has 0 amide bonds. The number of carbonyl (C=O) groups excluding carboxylic acids is 1. The van der Waals surface area contributed by atoms with Crippen LogP contribution in [0.2, 0.25) is 0 Å². The Kier molecular flexibility index (Phi) is 3.48. The molecule has 3 heteroatoms. The number of carbonyl (C=O) groups is 1. The van der Waals surface area contributed by atoms with Gasteiger partial charge in [0.1, 0.15) is 0 Å². The minimum atomic E-state index is -0.284. The van der Waals surface area contributed by atoms with Crippen molar-refractivity contribution < 1.29 is 9.53 Å².